The Morgan fingerprint density at radius 1 is 1.13 bits per heavy atom. The number of nitrogens with zero attached hydrogens (tertiary/aromatic N) is 1. The summed E-state index contributed by atoms with van der Waals surface area (Å²) in [6, 6.07) is 9.54. The Morgan fingerprint density at radius 3 is 2.43 bits per heavy atom. The van der Waals surface area contributed by atoms with Crippen molar-refractivity contribution in [1.29, 1.82) is 0 Å². The predicted molar refractivity (Wildman–Crippen MR) is 109 cm³/mol. The van der Waals surface area contributed by atoms with Crippen molar-refractivity contribution < 1.29 is 27.5 Å². The summed E-state index contributed by atoms with van der Waals surface area (Å²) in [4.78, 5) is 27.0. The Kier molecular flexibility index (Phi) is 5.15. The fraction of sp³-hybridized carbons (Fsp3) is 0.238. The molecule has 2 aliphatic heterocycles. The lowest BCUT2D eigenvalue weighted by atomic mass is 9.94. The lowest BCUT2D eigenvalue weighted by molar-refractivity contribution is -0.141. The van der Waals surface area contributed by atoms with Crippen LogP contribution in [0.4, 0.5) is 4.39 Å². The van der Waals surface area contributed by atoms with Gasteiger partial charge in [0.15, 0.2) is 9.84 Å². The van der Waals surface area contributed by atoms with Crippen molar-refractivity contribution in [3.63, 3.8) is 0 Å². The van der Waals surface area contributed by atoms with E-state index < -0.39 is 45.2 Å². The van der Waals surface area contributed by atoms with Crippen LogP contribution in [0.15, 0.2) is 54.1 Å². The second-order valence-corrected chi connectivity index (χ2v) is 9.99. The van der Waals surface area contributed by atoms with Gasteiger partial charge in [0.05, 0.1) is 23.1 Å². The maximum Gasteiger partial charge on any atom is 0.295 e. The molecule has 0 spiro atoms. The third-order valence-corrected chi connectivity index (χ3v) is 7.37. The van der Waals surface area contributed by atoms with Crippen molar-refractivity contribution >= 4 is 38.9 Å². The first-order chi connectivity index (χ1) is 14.2. The molecule has 30 heavy (non-hydrogen) atoms. The molecule has 9 heteroatoms. The van der Waals surface area contributed by atoms with Crippen molar-refractivity contribution in [2.45, 2.75) is 18.5 Å². The molecule has 1 N–H and O–H groups in total. The molecule has 2 aromatic rings. The van der Waals surface area contributed by atoms with Gasteiger partial charge in [-0.3, -0.25) is 9.59 Å². The normalized spacial score (nSPS) is 25.1. The highest BCUT2D eigenvalue weighted by atomic mass is 35.5. The van der Waals surface area contributed by atoms with Gasteiger partial charge in [0.25, 0.3) is 11.7 Å². The highest BCUT2D eigenvalue weighted by Gasteiger charge is 2.51. The second-order valence-electron chi connectivity index (χ2n) is 7.33. The molecule has 1 amide bonds. The van der Waals surface area contributed by atoms with E-state index in [1.165, 1.54) is 53.4 Å². The van der Waals surface area contributed by atoms with Crippen LogP contribution in [-0.4, -0.2) is 47.7 Å². The van der Waals surface area contributed by atoms with Gasteiger partial charge in [-0.2, -0.15) is 0 Å². The minimum Gasteiger partial charge on any atom is -0.507 e. The molecule has 2 fully saturated rings. The molecule has 2 aromatic carbocycles. The molecule has 0 bridgehead atoms. The summed E-state index contributed by atoms with van der Waals surface area (Å²) in [6.45, 7) is 0. The van der Waals surface area contributed by atoms with E-state index in [1.54, 1.807) is 0 Å². The number of sulfone groups is 1. The van der Waals surface area contributed by atoms with Crippen molar-refractivity contribution in [1.82, 2.24) is 4.90 Å². The van der Waals surface area contributed by atoms with Gasteiger partial charge in [0.1, 0.15) is 11.6 Å². The van der Waals surface area contributed by atoms with E-state index >= 15 is 0 Å². The highest BCUT2D eigenvalue weighted by molar-refractivity contribution is 7.91. The zero-order chi connectivity index (χ0) is 21.6. The van der Waals surface area contributed by atoms with Gasteiger partial charge in [0, 0.05) is 16.6 Å². The van der Waals surface area contributed by atoms with E-state index in [9.17, 15) is 27.5 Å². The average Bonchev–Trinajstić information content (AvgIpc) is 3.18. The van der Waals surface area contributed by atoms with Gasteiger partial charge in [-0.15, -0.1) is 0 Å². The van der Waals surface area contributed by atoms with Gasteiger partial charge in [-0.25, -0.2) is 12.8 Å². The van der Waals surface area contributed by atoms with Gasteiger partial charge < -0.3 is 10.0 Å². The molecule has 2 atom stereocenters. The number of hydrogen-bond acceptors (Lipinski definition) is 5. The molecule has 2 aliphatic rings. The van der Waals surface area contributed by atoms with Crippen LogP contribution in [0.5, 0.6) is 0 Å². The Morgan fingerprint density at radius 2 is 1.83 bits per heavy atom. The zero-order valence-corrected chi connectivity index (χ0v) is 17.2. The Balaban J connectivity index is 1.90. The summed E-state index contributed by atoms with van der Waals surface area (Å²) in [6.07, 6.45) is 0.169. The first-order valence-corrected chi connectivity index (χ1v) is 11.4. The third-order valence-electron chi connectivity index (χ3n) is 5.36. The molecule has 0 saturated carbocycles. The van der Waals surface area contributed by atoms with Gasteiger partial charge in [0.2, 0.25) is 0 Å². The minimum absolute atomic E-state index is 0.103. The number of benzene rings is 2. The quantitative estimate of drug-likeness (QED) is 0.441. The lowest BCUT2D eigenvalue weighted by Crippen LogP contribution is -2.40. The number of carbonyl (C=O) groups excluding carboxylic acids is 2. The number of aliphatic hydroxyl groups is 1. The van der Waals surface area contributed by atoms with Crippen LogP contribution in [0.1, 0.15) is 23.6 Å². The number of carbonyl (C=O) groups is 2. The number of amides is 1. The van der Waals surface area contributed by atoms with Crippen molar-refractivity contribution in [3.8, 4) is 0 Å². The van der Waals surface area contributed by atoms with Crippen LogP contribution >= 0.6 is 11.6 Å². The minimum atomic E-state index is -3.35. The summed E-state index contributed by atoms with van der Waals surface area (Å²) < 4.78 is 38.0. The van der Waals surface area contributed by atoms with Crippen LogP contribution in [-0.2, 0) is 19.4 Å². The number of ketones is 1. The molecule has 0 aromatic heterocycles. The number of rotatable bonds is 3. The molecule has 0 radical (unpaired) electrons. The summed E-state index contributed by atoms with van der Waals surface area (Å²) in [5, 5.41) is 11.3. The monoisotopic (exact) mass is 449 g/mol. The van der Waals surface area contributed by atoms with Crippen molar-refractivity contribution in [2.75, 3.05) is 11.5 Å². The Hall–Kier alpha value is -2.71. The summed E-state index contributed by atoms with van der Waals surface area (Å²) in [5.41, 5.74) is 0.323. The number of hydrogen-bond donors (Lipinski definition) is 1. The maximum absolute atomic E-state index is 14.0. The van der Waals surface area contributed by atoms with Crippen LogP contribution in [0, 0.1) is 5.82 Å². The summed E-state index contributed by atoms with van der Waals surface area (Å²) >= 11 is 5.88. The molecule has 156 valence electrons. The standard InChI is InChI=1S/C21H17ClFNO5S/c22-14-6-4-12(5-7-14)19(25)17-18(13-2-1-3-15(23)10-13)24(21(27)20(17)26)16-8-9-30(28,29)11-16/h1-7,10,16,18,25H,8-9,11H2/t16-,18+/m1/s1. The first-order valence-electron chi connectivity index (χ1n) is 9.20. The summed E-state index contributed by atoms with van der Waals surface area (Å²) in [5.74, 6) is -3.25. The average molecular weight is 450 g/mol. The second kappa shape index (κ2) is 7.52. The highest BCUT2D eigenvalue weighted by Crippen LogP contribution is 2.42. The largest absolute Gasteiger partial charge is 0.507 e. The van der Waals surface area contributed by atoms with Gasteiger partial charge >= 0.3 is 0 Å². The van der Waals surface area contributed by atoms with Crippen LogP contribution in [0.25, 0.3) is 5.76 Å². The third kappa shape index (κ3) is 3.61. The van der Waals surface area contributed by atoms with Crippen molar-refractivity contribution in [3.05, 3.63) is 76.1 Å². The maximum atomic E-state index is 14.0. The Labute approximate surface area is 177 Å². The number of likely N-dealkylation sites (tertiary alicyclic amines) is 1. The molecular formula is C21H17ClFNO5S. The van der Waals surface area contributed by atoms with E-state index in [0.29, 0.717) is 5.02 Å². The van der Waals surface area contributed by atoms with E-state index in [4.69, 9.17) is 11.6 Å². The van der Waals surface area contributed by atoms with E-state index in [-0.39, 0.29) is 34.6 Å². The molecule has 4 rings (SSSR count). The Bertz CT molecular complexity index is 1180. The molecule has 6 nitrogen and oxygen atoms in total. The molecule has 2 saturated heterocycles. The van der Waals surface area contributed by atoms with E-state index in [1.807, 2.05) is 0 Å². The van der Waals surface area contributed by atoms with E-state index in [2.05, 4.69) is 0 Å². The molecule has 0 unspecified atom stereocenters. The molecular weight excluding hydrogens is 433 g/mol. The van der Waals surface area contributed by atoms with Gasteiger partial charge in [-0.05, 0) is 48.4 Å². The van der Waals surface area contributed by atoms with Crippen LogP contribution in [0.2, 0.25) is 5.02 Å². The zero-order valence-electron chi connectivity index (χ0n) is 15.6. The predicted octanol–water partition coefficient (Wildman–Crippen LogP) is 3.09. The van der Waals surface area contributed by atoms with Crippen LogP contribution in [0.3, 0.4) is 0 Å². The number of Topliss-reactive ketones (excluding diaryl/α,β-unsaturated/α-hetero) is 1. The number of halogens is 2. The van der Waals surface area contributed by atoms with E-state index in [0.717, 1.165) is 0 Å². The fourth-order valence-electron chi connectivity index (χ4n) is 3.99. The van der Waals surface area contributed by atoms with Gasteiger partial charge in [-0.1, -0.05) is 23.7 Å². The molecule has 0 aliphatic carbocycles. The molecule has 2 heterocycles. The topological polar surface area (TPSA) is 91.8 Å². The summed E-state index contributed by atoms with van der Waals surface area (Å²) in [7, 11) is -3.35. The lowest BCUT2D eigenvalue weighted by Gasteiger charge is -2.30. The van der Waals surface area contributed by atoms with Crippen molar-refractivity contribution in [2.24, 2.45) is 0 Å². The first kappa shape index (κ1) is 20.6. The number of aliphatic hydroxyl groups excluding tert-OH is 1. The fourth-order valence-corrected chi connectivity index (χ4v) is 5.83. The smallest absolute Gasteiger partial charge is 0.295 e. The van der Waals surface area contributed by atoms with Crippen LogP contribution < -0.4 is 0 Å². The SMILES string of the molecule is O=C1C(=O)N([C@@H]2CCS(=O)(=O)C2)[C@@H](c2cccc(F)c2)C1=C(O)c1ccc(Cl)cc1.